The summed E-state index contributed by atoms with van der Waals surface area (Å²) in [6.07, 6.45) is 1.68. The van der Waals surface area contributed by atoms with Crippen molar-refractivity contribution in [3.8, 4) is 5.75 Å². The highest BCUT2D eigenvalue weighted by molar-refractivity contribution is 6.58. The molecule has 3 N–H and O–H groups in total. The second kappa shape index (κ2) is 6.64. The van der Waals surface area contributed by atoms with Crippen molar-refractivity contribution < 1.29 is 14.8 Å². The number of hydrogen-bond acceptors (Lipinski definition) is 6. The standard InChI is InChI=1S/C16H16BN3O3/c1-23-13-6-7-14-15(8-13)20-16(10-18-14)19-9-11-2-4-12(5-3-11)17(21)22/h2-8,10,21-22H,9H2,1H3,(H,19,20). The van der Waals surface area contributed by atoms with Gasteiger partial charge < -0.3 is 20.1 Å². The van der Waals surface area contributed by atoms with Crippen molar-refractivity contribution >= 4 is 29.4 Å². The normalized spacial score (nSPS) is 10.6. The van der Waals surface area contributed by atoms with Crippen LogP contribution >= 0.6 is 0 Å². The van der Waals surface area contributed by atoms with Crippen LogP contribution in [-0.4, -0.2) is 34.2 Å². The van der Waals surface area contributed by atoms with Gasteiger partial charge in [-0.15, -0.1) is 0 Å². The maximum absolute atomic E-state index is 9.08. The molecule has 0 aliphatic rings. The van der Waals surface area contributed by atoms with Gasteiger partial charge in [-0.25, -0.2) is 4.98 Å². The van der Waals surface area contributed by atoms with Crippen molar-refractivity contribution in [1.82, 2.24) is 9.97 Å². The van der Waals surface area contributed by atoms with Crippen molar-refractivity contribution in [1.29, 1.82) is 0 Å². The molecule has 0 aliphatic carbocycles. The Balaban J connectivity index is 1.73. The minimum Gasteiger partial charge on any atom is -0.497 e. The number of aromatic nitrogens is 2. The van der Waals surface area contributed by atoms with Crippen LogP contribution < -0.4 is 15.5 Å². The van der Waals surface area contributed by atoms with Crippen LogP contribution in [0.5, 0.6) is 5.75 Å². The average Bonchev–Trinajstić information content (AvgIpc) is 2.59. The van der Waals surface area contributed by atoms with E-state index < -0.39 is 7.12 Å². The molecule has 1 aromatic heterocycles. The van der Waals surface area contributed by atoms with Gasteiger partial charge in [0.05, 0.1) is 24.3 Å². The van der Waals surface area contributed by atoms with E-state index in [0.29, 0.717) is 17.8 Å². The molecule has 6 nitrogen and oxygen atoms in total. The molecule has 116 valence electrons. The second-order valence-corrected chi connectivity index (χ2v) is 5.08. The molecule has 7 heteroatoms. The van der Waals surface area contributed by atoms with Crippen LogP contribution in [0.4, 0.5) is 5.82 Å². The fourth-order valence-electron chi connectivity index (χ4n) is 2.20. The van der Waals surface area contributed by atoms with Gasteiger partial charge in [0.25, 0.3) is 0 Å². The van der Waals surface area contributed by atoms with E-state index in [9.17, 15) is 0 Å². The molecular formula is C16H16BN3O3. The fraction of sp³-hybridized carbons (Fsp3) is 0.125. The summed E-state index contributed by atoms with van der Waals surface area (Å²) in [4.78, 5) is 8.87. The van der Waals surface area contributed by atoms with Crippen LogP contribution in [0, 0.1) is 0 Å². The van der Waals surface area contributed by atoms with E-state index in [1.807, 2.05) is 30.3 Å². The number of anilines is 1. The van der Waals surface area contributed by atoms with Crippen LogP contribution in [0.15, 0.2) is 48.7 Å². The van der Waals surface area contributed by atoms with Crippen molar-refractivity contribution in [2.75, 3.05) is 12.4 Å². The highest BCUT2D eigenvalue weighted by Crippen LogP contribution is 2.19. The fourth-order valence-corrected chi connectivity index (χ4v) is 2.20. The first-order chi connectivity index (χ1) is 11.2. The number of nitrogens with zero attached hydrogens (tertiary/aromatic N) is 2. The van der Waals surface area contributed by atoms with Gasteiger partial charge in [-0.3, -0.25) is 4.98 Å². The molecule has 0 radical (unpaired) electrons. The average molecular weight is 309 g/mol. The van der Waals surface area contributed by atoms with Crippen molar-refractivity contribution in [3.63, 3.8) is 0 Å². The summed E-state index contributed by atoms with van der Waals surface area (Å²) in [6.45, 7) is 0.561. The zero-order chi connectivity index (χ0) is 16.2. The Hall–Kier alpha value is -2.64. The third-order valence-corrected chi connectivity index (χ3v) is 3.50. The maximum atomic E-state index is 9.08. The summed E-state index contributed by atoms with van der Waals surface area (Å²) in [5.41, 5.74) is 3.03. The Kier molecular flexibility index (Phi) is 4.41. The summed E-state index contributed by atoms with van der Waals surface area (Å²) < 4.78 is 5.19. The second-order valence-electron chi connectivity index (χ2n) is 5.08. The molecule has 0 unspecified atom stereocenters. The number of methoxy groups -OCH3 is 1. The summed E-state index contributed by atoms with van der Waals surface area (Å²) in [7, 11) is 0.169. The highest BCUT2D eigenvalue weighted by atomic mass is 16.5. The monoisotopic (exact) mass is 309 g/mol. The SMILES string of the molecule is COc1ccc2ncc(NCc3ccc(B(O)O)cc3)nc2c1. The number of rotatable bonds is 5. The Morgan fingerprint density at radius 2 is 1.87 bits per heavy atom. The first kappa shape index (κ1) is 15.3. The molecule has 0 aliphatic heterocycles. The molecule has 3 aromatic rings. The molecule has 0 saturated heterocycles. The van der Waals surface area contributed by atoms with Gasteiger partial charge in [0.15, 0.2) is 0 Å². The van der Waals surface area contributed by atoms with Crippen LogP contribution in [0.2, 0.25) is 0 Å². The summed E-state index contributed by atoms with van der Waals surface area (Å²) in [5.74, 6) is 1.40. The van der Waals surface area contributed by atoms with Gasteiger partial charge in [-0.2, -0.15) is 0 Å². The van der Waals surface area contributed by atoms with Crippen molar-refractivity contribution in [3.05, 3.63) is 54.2 Å². The number of fused-ring (bicyclic) bond motifs is 1. The Morgan fingerprint density at radius 1 is 1.09 bits per heavy atom. The third-order valence-electron chi connectivity index (χ3n) is 3.50. The van der Waals surface area contributed by atoms with E-state index in [4.69, 9.17) is 14.8 Å². The smallest absolute Gasteiger partial charge is 0.488 e. The summed E-state index contributed by atoms with van der Waals surface area (Å²) in [6, 6.07) is 12.6. The van der Waals surface area contributed by atoms with E-state index >= 15 is 0 Å². The van der Waals surface area contributed by atoms with Crippen LogP contribution in [0.25, 0.3) is 11.0 Å². The Labute approximate surface area is 133 Å². The summed E-state index contributed by atoms with van der Waals surface area (Å²) >= 11 is 0. The lowest BCUT2D eigenvalue weighted by atomic mass is 9.80. The molecular weight excluding hydrogens is 293 g/mol. The topological polar surface area (TPSA) is 87.5 Å². The molecule has 23 heavy (non-hydrogen) atoms. The van der Waals surface area contributed by atoms with Crippen LogP contribution in [0.3, 0.4) is 0 Å². The largest absolute Gasteiger partial charge is 0.497 e. The van der Waals surface area contributed by atoms with Gasteiger partial charge in [0.1, 0.15) is 11.6 Å². The van der Waals surface area contributed by atoms with E-state index in [-0.39, 0.29) is 0 Å². The predicted molar refractivity (Wildman–Crippen MR) is 89.7 cm³/mol. The van der Waals surface area contributed by atoms with Gasteiger partial charge in [0, 0.05) is 12.6 Å². The van der Waals surface area contributed by atoms with Gasteiger partial charge in [-0.1, -0.05) is 24.3 Å². The van der Waals surface area contributed by atoms with Gasteiger partial charge >= 0.3 is 7.12 Å². The molecule has 3 rings (SSSR count). The maximum Gasteiger partial charge on any atom is 0.488 e. The Bertz CT molecular complexity index is 809. The lowest BCUT2D eigenvalue weighted by Crippen LogP contribution is -2.29. The first-order valence-electron chi connectivity index (χ1n) is 7.15. The number of benzene rings is 2. The van der Waals surface area contributed by atoms with Crippen LogP contribution in [0.1, 0.15) is 5.56 Å². The number of nitrogens with one attached hydrogen (secondary N) is 1. The molecule has 0 amide bonds. The third kappa shape index (κ3) is 3.58. The van der Waals surface area contributed by atoms with Gasteiger partial charge in [0.2, 0.25) is 0 Å². The lowest BCUT2D eigenvalue weighted by Gasteiger charge is -2.08. The lowest BCUT2D eigenvalue weighted by molar-refractivity contribution is 0.415. The van der Waals surface area contributed by atoms with E-state index in [0.717, 1.165) is 22.3 Å². The number of hydrogen-bond donors (Lipinski definition) is 3. The first-order valence-corrected chi connectivity index (χ1v) is 7.15. The quantitative estimate of drug-likeness (QED) is 0.608. The zero-order valence-electron chi connectivity index (χ0n) is 12.6. The molecule has 1 heterocycles. The molecule has 0 fully saturated rings. The molecule has 0 spiro atoms. The van der Waals surface area contributed by atoms with Gasteiger partial charge in [-0.05, 0) is 23.2 Å². The van der Waals surface area contributed by atoms with E-state index in [2.05, 4.69) is 15.3 Å². The predicted octanol–water partition coefficient (Wildman–Crippen LogP) is 0.930. The molecule has 0 atom stereocenters. The highest BCUT2D eigenvalue weighted by Gasteiger charge is 2.09. The zero-order valence-corrected chi connectivity index (χ0v) is 12.6. The van der Waals surface area contributed by atoms with Crippen LogP contribution in [-0.2, 0) is 6.54 Å². The minimum absolute atomic E-state index is 0.464. The van der Waals surface area contributed by atoms with E-state index in [1.54, 1.807) is 25.4 Å². The molecule has 0 saturated carbocycles. The number of ether oxygens (including phenoxy) is 1. The van der Waals surface area contributed by atoms with Crippen molar-refractivity contribution in [2.45, 2.75) is 6.54 Å². The van der Waals surface area contributed by atoms with Crippen molar-refractivity contribution in [2.24, 2.45) is 0 Å². The molecule has 2 aromatic carbocycles. The minimum atomic E-state index is -1.45. The summed E-state index contributed by atoms with van der Waals surface area (Å²) in [5, 5.41) is 21.4. The Morgan fingerprint density at radius 3 is 2.57 bits per heavy atom. The molecule has 0 bridgehead atoms. The van der Waals surface area contributed by atoms with E-state index in [1.165, 1.54) is 0 Å².